The largest absolute Gasteiger partial charge is 0.465 e. The number of benzene rings is 2. The molecule has 0 bridgehead atoms. The lowest BCUT2D eigenvalue weighted by Crippen LogP contribution is -2.47. The smallest absolute Gasteiger partial charge is 0.338 e. The van der Waals surface area contributed by atoms with Gasteiger partial charge in [0.15, 0.2) is 0 Å². The predicted molar refractivity (Wildman–Crippen MR) is 118 cm³/mol. The monoisotopic (exact) mass is 432 g/mol. The van der Waals surface area contributed by atoms with Gasteiger partial charge in [0.25, 0.3) is 0 Å². The number of carbonyl (C=O) groups excluding carboxylic acids is 2. The van der Waals surface area contributed by atoms with E-state index in [9.17, 15) is 18.0 Å². The number of methoxy groups -OCH3 is 1. The second-order valence-electron chi connectivity index (χ2n) is 7.23. The number of hydrogen-bond acceptors (Lipinski definition) is 5. The van der Waals surface area contributed by atoms with E-state index in [4.69, 9.17) is 4.74 Å². The average molecular weight is 433 g/mol. The van der Waals surface area contributed by atoms with Crippen molar-refractivity contribution in [1.82, 2.24) is 0 Å². The molecule has 2 aromatic carbocycles. The first-order valence-corrected chi connectivity index (χ1v) is 11.4. The summed E-state index contributed by atoms with van der Waals surface area (Å²) in [5.41, 5.74) is 3.42. The first-order valence-electron chi connectivity index (χ1n) is 9.56. The van der Waals surface area contributed by atoms with E-state index >= 15 is 0 Å². The van der Waals surface area contributed by atoms with Gasteiger partial charge in [-0.15, -0.1) is 0 Å². The summed E-state index contributed by atoms with van der Waals surface area (Å²) in [7, 11) is -2.46. The van der Waals surface area contributed by atoms with Crippen molar-refractivity contribution in [3.63, 3.8) is 0 Å². The number of nitrogens with zero attached hydrogens (tertiary/aromatic N) is 1. The molecule has 1 amide bonds. The first-order chi connectivity index (χ1) is 14.0. The molecule has 0 saturated carbocycles. The minimum Gasteiger partial charge on any atom is -0.465 e. The molecule has 0 aliphatic carbocycles. The van der Waals surface area contributed by atoms with Crippen LogP contribution in [0.2, 0.25) is 0 Å². The van der Waals surface area contributed by atoms with E-state index in [0.29, 0.717) is 22.5 Å². The summed E-state index contributed by atoms with van der Waals surface area (Å²) >= 11 is 0. The third-order valence-electron chi connectivity index (χ3n) is 4.93. The standard InChI is InChI=1S/C22H28N2O5S/c1-7-19(24(30(6,27)28)20-13-14(2)11-12-15(20)3)21(25)23-18-10-8-9-17(16(18)4)22(26)29-5/h8-13,19H,7H2,1-6H3,(H,23,25). The molecule has 0 aliphatic heterocycles. The van der Waals surface area contributed by atoms with Crippen LogP contribution in [-0.2, 0) is 19.6 Å². The second-order valence-corrected chi connectivity index (χ2v) is 9.09. The molecular weight excluding hydrogens is 404 g/mol. The predicted octanol–water partition coefficient (Wildman–Crippen LogP) is 3.58. The fourth-order valence-electron chi connectivity index (χ4n) is 3.31. The van der Waals surface area contributed by atoms with Crippen LogP contribution in [0.5, 0.6) is 0 Å². The number of sulfonamides is 1. The second kappa shape index (κ2) is 9.30. The number of aryl methyl sites for hydroxylation is 2. The van der Waals surface area contributed by atoms with Gasteiger partial charge in [0.2, 0.25) is 15.9 Å². The van der Waals surface area contributed by atoms with Gasteiger partial charge in [-0.3, -0.25) is 9.10 Å². The molecule has 30 heavy (non-hydrogen) atoms. The van der Waals surface area contributed by atoms with Crippen LogP contribution in [0.25, 0.3) is 0 Å². The van der Waals surface area contributed by atoms with Crippen LogP contribution in [0.1, 0.15) is 40.4 Å². The lowest BCUT2D eigenvalue weighted by molar-refractivity contribution is -0.117. The van der Waals surface area contributed by atoms with E-state index in [1.807, 2.05) is 26.0 Å². The fourth-order valence-corrected chi connectivity index (χ4v) is 4.57. The Labute approximate surface area is 178 Å². The summed E-state index contributed by atoms with van der Waals surface area (Å²) in [6.45, 7) is 7.13. The van der Waals surface area contributed by atoms with Gasteiger partial charge in [-0.25, -0.2) is 13.2 Å². The van der Waals surface area contributed by atoms with Crippen LogP contribution in [0.3, 0.4) is 0 Å². The topological polar surface area (TPSA) is 92.8 Å². The Balaban J connectivity index is 2.48. The van der Waals surface area contributed by atoms with E-state index in [2.05, 4.69) is 5.32 Å². The Morgan fingerprint density at radius 3 is 2.37 bits per heavy atom. The number of amides is 1. The minimum atomic E-state index is -3.74. The quantitative estimate of drug-likeness (QED) is 0.675. The van der Waals surface area contributed by atoms with Crippen molar-refractivity contribution in [3.05, 3.63) is 58.7 Å². The van der Waals surface area contributed by atoms with Gasteiger partial charge < -0.3 is 10.1 Å². The van der Waals surface area contributed by atoms with Crippen LogP contribution in [0.15, 0.2) is 36.4 Å². The molecule has 0 fully saturated rings. The molecule has 8 heteroatoms. The highest BCUT2D eigenvalue weighted by atomic mass is 32.2. The molecule has 0 aromatic heterocycles. The van der Waals surface area contributed by atoms with Crippen molar-refractivity contribution < 1.29 is 22.7 Å². The SMILES string of the molecule is CCC(C(=O)Nc1cccc(C(=O)OC)c1C)N(c1cc(C)ccc1C)S(C)(=O)=O. The van der Waals surface area contributed by atoms with E-state index < -0.39 is 27.9 Å². The zero-order valence-electron chi connectivity index (χ0n) is 18.1. The lowest BCUT2D eigenvalue weighted by atomic mass is 10.1. The molecule has 0 heterocycles. The molecule has 7 nitrogen and oxygen atoms in total. The maximum Gasteiger partial charge on any atom is 0.338 e. The number of hydrogen-bond donors (Lipinski definition) is 1. The van der Waals surface area contributed by atoms with Gasteiger partial charge in [-0.05, 0) is 62.1 Å². The molecule has 1 atom stereocenters. The van der Waals surface area contributed by atoms with Crippen molar-refractivity contribution >= 4 is 33.3 Å². The number of ether oxygens (including phenoxy) is 1. The van der Waals surface area contributed by atoms with Crippen molar-refractivity contribution in [2.45, 2.75) is 40.2 Å². The molecule has 1 N–H and O–H groups in total. The summed E-state index contributed by atoms with van der Waals surface area (Å²) < 4.78 is 31.3. The molecule has 2 rings (SSSR count). The Bertz CT molecular complexity index is 1060. The van der Waals surface area contributed by atoms with Crippen LogP contribution >= 0.6 is 0 Å². The number of anilines is 2. The number of nitrogens with one attached hydrogen (secondary N) is 1. The fraction of sp³-hybridized carbons (Fsp3) is 0.364. The van der Waals surface area contributed by atoms with E-state index in [0.717, 1.165) is 17.4 Å². The third kappa shape index (κ3) is 4.99. The first kappa shape index (κ1) is 23.4. The Morgan fingerprint density at radius 2 is 1.80 bits per heavy atom. The molecule has 0 saturated heterocycles. The van der Waals surface area contributed by atoms with Crippen molar-refractivity contribution in [2.75, 3.05) is 23.0 Å². The zero-order valence-corrected chi connectivity index (χ0v) is 19.0. The van der Waals surface area contributed by atoms with Crippen molar-refractivity contribution in [1.29, 1.82) is 0 Å². The van der Waals surface area contributed by atoms with Crippen LogP contribution in [-0.4, -0.2) is 39.7 Å². The molecule has 0 spiro atoms. The van der Waals surface area contributed by atoms with E-state index in [1.165, 1.54) is 11.4 Å². The molecule has 1 unspecified atom stereocenters. The van der Waals surface area contributed by atoms with Gasteiger partial charge in [0.05, 0.1) is 24.6 Å². The lowest BCUT2D eigenvalue weighted by Gasteiger charge is -2.31. The average Bonchev–Trinajstić information content (AvgIpc) is 2.68. The number of esters is 1. The Morgan fingerprint density at radius 1 is 1.13 bits per heavy atom. The van der Waals surface area contributed by atoms with Crippen molar-refractivity contribution in [3.8, 4) is 0 Å². The summed E-state index contributed by atoms with van der Waals surface area (Å²) in [5.74, 6) is -0.988. The van der Waals surface area contributed by atoms with Crippen molar-refractivity contribution in [2.24, 2.45) is 0 Å². The molecule has 0 aliphatic rings. The molecule has 0 radical (unpaired) electrons. The summed E-state index contributed by atoms with van der Waals surface area (Å²) in [6.07, 6.45) is 1.36. The highest BCUT2D eigenvalue weighted by Crippen LogP contribution is 2.28. The number of rotatable bonds is 7. The third-order valence-corrected chi connectivity index (χ3v) is 6.09. The summed E-state index contributed by atoms with van der Waals surface area (Å²) in [6, 6.07) is 9.42. The van der Waals surface area contributed by atoms with Gasteiger partial charge in [-0.2, -0.15) is 0 Å². The molecule has 162 valence electrons. The van der Waals surface area contributed by atoms with Gasteiger partial charge in [0.1, 0.15) is 6.04 Å². The van der Waals surface area contributed by atoms with E-state index in [1.54, 1.807) is 38.1 Å². The highest BCUT2D eigenvalue weighted by Gasteiger charge is 2.32. The van der Waals surface area contributed by atoms with Gasteiger partial charge >= 0.3 is 5.97 Å². The maximum atomic E-state index is 13.2. The Hall–Kier alpha value is -2.87. The summed E-state index contributed by atoms with van der Waals surface area (Å²) in [5, 5.41) is 2.78. The Kier molecular flexibility index (Phi) is 7.25. The minimum absolute atomic E-state index is 0.266. The zero-order chi connectivity index (χ0) is 22.6. The number of carbonyl (C=O) groups is 2. The van der Waals surface area contributed by atoms with E-state index in [-0.39, 0.29) is 6.42 Å². The van der Waals surface area contributed by atoms with Gasteiger partial charge in [-0.1, -0.05) is 25.1 Å². The van der Waals surface area contributed by atoms with Crippen LogP contribution in [0, 0.1) is 20.8 Å². The van der Waals surface area contributed by atoms with Crippen LogP contribution in [0.4, 0.5) is 11.4 Å². The maximum absolute atomic E-state index is 13.2. The normalized spacial score (nSPS) is 12.2. The van der Waals surface area contributed by atoms with Crippen LogP contribution < -0.4 is 9.62 Å². The molecule has 2 aromatic rings. The van der Waals surface area contributed by atoms with Gasteiger partial charge in [0, 0.05) is 5.69 Å². The summed E-state index contributed by atoms with van der Waals surface area (Å²) in [4.78, 5) is 25.1. The highest BCUT2D eigenvalue weighted by molar-refractivity contribution is 7.92. The molecular formula is C22H28N2O5S.